The molecule has 1 aromatic heterocycles. The van der Waals surface area contributed by atoms with E-state index >= 15 is 0 Å². The number of benzene rings is 2. The molecule has 0 bridgehead atoms. The van der Waals surface area contributed by atoms with Crippen molar-refractivity contribution in [2.75, 3.05) is 6.54 Å². The molecule has 2 aromatic carbocycles. The molecule has 0 saturated carbocycles. The number of halogens is 7. The van der Waals surface area contributed by atoms with Crippen molar-refractivity contribution in [2.24, 2.45) is 0 Å². The van der Waals surface area contributed by atoms with Gasteiger partial charge in [-0.3, -0.25) is 4.79 Å². The first-order chi connectivity index (χ1) is 17.4. The molecule has 1 amide bonds. The minimum atomic E-state index is -4.75. The molecule has 4 nitrogen and oxygen atoms in total. The van der Waals surface area contributed by atoms with E-state index in [1.807, 2.05) is 0 Å². The summed E-state index contributed by atoms with van der Waals surface area (Å²) in [5.74, 6) is -0.867. The molecule has 0 spiro atoms. The number of nitrogens with zero attached hydrogens (tertiary/aromatic N) is 1. The Hall–Kier alpha value is -3.11. The van der Waals surface area contributed by atoms with Crippen molar-refractivity contribution >= 4 is 17.5 Å². The van der Waals surface area contributed by atoms with Crippen molar-refractivity contribution in [3.63, 3.8) is 0 Å². The molecule has 0 aliphatic carbocycles. The summed E-state index contributed by atoms with van der Waals surface area (Å²) in [7, 11) is 0. The van der Waals surface area contributed by atoms with Crippen molar-refractivity contribution in [3.05, 3.63) is 88.2 Å². The van der Waals surface area contributed by atoms with E-state index < -0.39 is 46.1 Å². The third kappa shape index (κ3) is 6.24. The van der Waals surface area contributed by atoms with Gasteiger partial charge < -0.3 is 10.6 Å². The van der Waals surface area contributed by atoms with Gasteiger partial charge >= 0.3 is 12.4 Å². The number of rotatable bonds is 5. The van der Waals surface area contributed by atoms with Crippen LogP contribution in [-0.4, -0.2) is 23.5 Å². The lowest BCUT2D eigenvalue weighted by atomic mass is 9.90. The summed E-state index contributed by atoms with van der Waals surface area (Å²) < 4.78 is 78.7. The molecule has 11 heteroatoms. The van der Waals surface area contributed by atoms with Gasteiger partial charge in [-0.05, 0) is 60.3 Å². The van der Waals surface area contributed by atoms with Gasteiger partial charge in [-0.25, -0.2) is 4.98 Å². The Balaban J connectivity index is 1.67. The number of nitrogens with one attached hydrogen (secondary N) is 2. The second-order valence-corrected chi connectivity index (χ2v) is 9.10. The molecule has 0 radical (unpaired) electrons. The van der Waals surface area contributed by atoms with Crippen LogP contribution < -0.4 is 10.6 Å². The van der Waals surface area contributed by atoms with Gasteiger partial charge in [0.2, 0.25) is 0 Å². The Morgan fingerprint density at radius 2 is 1.70 bits per heavy atom. The van der Waals surface area contributed by atoms with Crippen molar-refractivity contribution in [1.29, 1.82) is 0 Å². The Bertz CT molecular complexity index is 1250. The zero-order chi connectivity index (χ0) is 26.8. The monoisotopic (exact) mass is 541 g/mol. The van der Waals surface area contributed by atoms with Crippen LogP contribution in [0.1, 0.15) is 52.5 Å². The third-order valence-electron chi connectivity index (χ3n) is 6.24. The predicted molar refractivity (Wildman–Crippen MR) is 127 cm³/mol. The SMILES string of the molecule is O=C(NC(c1cccc(-c2ccc(C(F)(F)F)cc2)c1)[C@@H]1CCCCN1)c1nccc(C(F)(F)F)c1Cl. The van der Waals surface area contributed by atoms with Gasteiger partial charge in [0.05, 0.1) is 22.2 Å². The molecule has 1 saturated heterocycles. The van der Waals surface area contributed by atoms with Gasteiger partial charge in [-0.2, -0.15) is 26.3 Å². The minimum absolute atomic E-state index is 0.231. The fourth-order valence-corrected chi connectivity index (χ4v) is 4.68. The number of carbonyl (C=O) groups is 1. The zero-order valence-corrected chi connectivity index (χ0v) is 20.0. The highest BCUT2D eigenvalue weighted by Gasteiger charge is 2.36. The number of hydrogen-bond donors (Lipinski definition) is 2. The first-order valence-electron chi connectivity index (χ1n) is 11.5. The molecular formula is C26H22ClF6N3O. The quantitative estimate of drug-likeness (QED) is 0.340. The van der Waals surface area contributed by atoms with Crippen molar-refractivity contribution in [2.45, 2.75) is 43.7 Å². The highest BCUT2D eigenvalue weighted by molar-refractivity contribution is 6.34. The number of carbonyl (C=O) groups excluding carboxylic acids is 1. The average molecular weight is 542 g/mol. The molecule has 196 valence electrons. The van der Waals surface area contributed by atoms with Gasteiger partial charge in [0.25, 0.3) is 5.91 Å². The van der Waals surface area contributed by atoms with Gasteiger partial charge in [0.1, 0.15) is 5.69 Å². The van der Waals surface area contributed by atoms with Crippen LogP contribution in [0.4, 0.5) is 26.3 Å². The van der Waals surface area contributed by atoms with Crippen LogP contribution >= 0.6 is 11.6 Å². The first kappa shape index (κ1) is 26.9. The lowest BCUT2D eigenvalue weighted by molar-refractivity contribution is -0.138. The highest BCUT2D eigenvalue weighted by atomic mass is 35.5. The van der Waals surface area contributed by atoms with Gasteiger partial charge in [0.15, 0.2) is 0 Å². The summed E-state index contributed by atoms with van der Waals surface area (Å²) in [4.78, 5) is 16.9. The molecule has 1 fully saturated rings. The van der Waals surface area contributed by atoms with E-state index in [4.69, 9.17) is 11.6 Å². The zero-order valence-electron chi connectivity index (χ0n) is 19.3. The molecule has 2 N–H and O–H groups in total. The standard InChI is InChI=1S/C26H22ClF6N3O/c27-21-19(26(31,32)33)11-13-35-23(21)24(37)36-22(20-6-1-2-12-34-20)17-5-3-4-16(14-17)15-7-9-18(10-8-15)25(28,29)30/h3-5,7-11,13-14,20,22,34H,1-2,6,12H2,(H,36,37)/t20-,22?/m0/s1. The maximum absolute atomic E-state index is 13.3. The van der Waals surface area contributed by atoms with Gasteiger partial charge in [0, 0.05) is 12.2 Å². The average Bonchev–Trinajstić information content (AvgIpc) is 2.87. The number of amides is 1. The molecule has 3 aromatic rings. The molecule has 4 rings (SSSR count). The van der Waals surface area contributed by atoms with Crippen LogP contribution in [-0.2, 0) is 12.4 Å². The first-order valence-corrected chi connectivity index (χ1v) is 11.9. The van der Waals surface area contributed by atoms with E-state index in [1.54, 1.807) is 24.3 Å². The Morgan fingerprint density at radius 1 is 0.973 bits per heavy atom. The summed E-state index contributed by atoms with van der Waals surface area (Å²) in [5, 5.41) is 5.33. The molecule has 2 heterocycles. The fourth-order valence-electron chi connectivity index (χ4n) is 4.37. The molecular weight excluding hydrogens is 520 g/mol. The largest absolute Gasteiger partial charge is 0.417 e. The number of piperidine rings is 1. The summed E-state index contributed by atoms with van der Waals surface area (Å²) >= 11 is 5.91. The Kier molecular flexibility index (Phi) is 7.80. The van der Waals surface area contributed by atoms with Crippen LogP contribution in [0, 0.1) is 0 Å². The maximum Gasteiger partial charge on any atom is 0.417 e. The second kappa shape index (κ2) is 10.7. The lowest BCUT2D eigenvalue weighted by Gasteiger charge is -2.32. The van der Waals surface area contributed by atoms with Gasteiger partial charge in [-0.1, -0.05) is 48.4 Å². The molecule has 1 aliphatic rings. The Labute approximate surface area is 214 Å². The number of hydrogen-bond acceptors (Lipinski definition) is 3. The molecule has 2 atom stereocenters. The van der Waals surface area contributed by atoms with Crippen LogP contribution in [0.15, 0.2) is 60.8 Å². The van der Waals surface area contributed by atoms with Crippen molar-refractivity contribution in [3.8, 4) is 11.1 Å². The van der Waals surface area contributed by atoms with Crippen molar-refractivity contribution < 1.29 is 31.1 Å². The van der Waals surface area contributed by atoms with E-state index in [1.165, 1.54) is 12.1 Å². The van der Waals surface area contributed by atoms with Crippen LogP contribution in [0.3, 0.4) is 0 Å². The number of pyridine rings is 1. The van der Waals surface area contributed by atoms with E-state index in [0.29, 0.717) is 35.7 Å². The van der Waals surface area contributed by atoms with Crippen LogP contribution in [0.25, 0.3) is 11.1 Å². The number of alkyl halides is 6. The maximum atomic E-state index is 13.3. The normalized spacial score (nSPS) is 17.3. The van der Waals surface area contributed by atoms with E-state index in [9.17, 15) is 31.1 Å². The molecule has 1 unspecified atom stereocenters. The molecule has 1 aliphatic heterocycles. The van der Waals surface area contributed by atoms with Crippen molar-refractivity contribution in [1.82, 2.24) is 15.6 Å². The van der Waals surface area contributed by atoms with E-state index in [-0.39, 0.29) is 6.04 Å². The molecule has 37 heavy (non-hydrogen) atoms. The lowest BCUT2D eigenvalue weighted by Crippen LogP contribution is -2.46. The van der Waals surface area contributed by atoms with Crippen LogP contribution in [0.5, 0.6) is 0 Å². The summed E-state index contributed by atoms with van der Waals surface area (Å²) in [6.07, 6.45) is -5.83. The Morgan fingerprint density at radius 3 is 2.32 bits per heavy atom. The summed E-state index contributed by atoms with van der Waals surface area (Å²) in [6.45, 7) is 0.693. The highest BCUT2D eigenvalue weighted by Crippen LogP contribution is 2.36. The van der Waals surface area contributed by atoms with Gasteiger partial charge in [-0.15, -0.1) is 0 Å². The van der Waals surface area contributed by atoms with Crippen LogP contribution in [0.2, 0.25) is 5.02 Å². The summed E-state index contributed by atoms with van der Waals surface area (Å²) in [5.41, 5.74) is -0.680. The topological polar surface area (TPSA) is 54.0 Å². The smallest absolute Gasteiger partial charge is 0.342 e. The van der Waals surface area contributed by atoms with E-state index in [0.717, 1.165) is 31.2 Å². The minimum Gasteiger partial charge on any atom is -0.342 e. The fraction of sp³-hybridized carbons (Fsp3) is 0.308. The van der Waals surface area contributed by atoms with E-state index in [2.05, 4.69) is 15.6 Å². The number of aromatic nitrogens is 1. The second-order valence-electron chi connectivity index (χ2n) is 8.73. The third-order valence-corrected chi connectivity index (χ3v) is 6.62. The summed E-state index contributed by atoms with van der Waals surface area (Å²) in [6, 6.07) is 11.4. The predicted octanol–water partition coefficient (Wildman–Crippen LogP) is 7.05.